The van der Waals surface area contributed by atoms with Crippen molar-refractivity contribution in [3.8, 4) is 0 Å². The highest BCUT2D eigenvalue weighted by Crippen LogP contribution is 2.19. The second-order valence-corrected chi connectivity index (χ2v) is 4.02. The summed E-state index contributed by atoms with van der Waals surface area (Å²) in [5.41, 5.74) is 1.47. The third-order valence-corrected chi connectivity index (χ3v) is 2.97. The summed E-state index contributed by atoms with van der Waals surface area (Å²) in [6.07, 6.45) is 1.91. The summed E-state index contributed by atoms with van der Waals surface area (Å²) in [5.74, 6) is -0.0111. The number of hydrogen-bond donors (Lipinski definition) is 2. The van der Waals surface area contributed by atoms with Crippen LogP contribution in [-0.4, -0.2) is 24.0 Å². The standard InChI is InChI=1S/C12H15FN2O/c13-11-3-1-9(2-4-11)12(15-16)10-5-7-14-8-6-10/h1-4,10,14,16H,5-8H2/b15-12+. The zero-order valence-corrected chi connectivity index (χ0v) is 8.99. The molecular weight excluding hydrogens is 207 g/mol. The fourth-order valence-electron chi connectivity index (χ4n) is 2.09. The van der Waals surface area contributed by atoms with Crippen molar-refractivity contribution in [2.75, 3.05) is 13.1 Å². The van der Waals surface area contributed by atoms with Gasteiger partial charge in [0, 0.05) is 5.92 Å². The van der Waals surface area contributed by atoms with Gasteiger partial charge in [-0.1, -0.05) is 17.3 Å². The smallest absolute Gasteiger partial charge is 0.123 e. The molecule has 1 aromatic rings. The number of oxime groups is 1. The summed E-state index contributed by atoms with van der Waals surface area (Å²) in [6.45, 7) is 1.87. The molecule has 1 aromatic carbocycles. The van der Waals surface area contributed by atoms with Crippen molar-refractivity contribution in [1.82, 2.24) is 5.32 Å². The van der Waals surface area contributed by atoms with Gasteiger partial charge in [-0.15, -0.1) is 0 Å². The number of nitrogens with zero attached hydrogens (tertiary/aromatic N) is 1. The van der Waals surface area contributed by atoms with E-state index in [1.54, 1.807) is 12.1 Å². The maximum atomic E-state index is 12.8. The molecule has 2 N–H and O–H groups in total. The van der Waals surface area contributed by atoms with Crippen LogP contribution in [0.5, 0.6) is 0 Å². The average Bonchev–Trinajstić information content (AvgIpc) is 2.34. The van der Waals surface area contributed by atoms with E-state index in [4.69, 9.17) is 5.21 Å². The second-order valence-electron chi connectivity index (χ2n) is 4.02. The molecule has 0 aromatic heterocycles. The van der Waals surface area contributed by atoms with Gasteiger partial charge in [0.05, 0.1) is 5.71 Å². The third kappa shape index (κ3) is 2.39. The molecule has 1 aliphatic rings. The van der Waals surface area contributed by atoms with Crippen LogP contribution in [0.2, 0.25) is 0 Å². The first-order valence-corrected chi connectivity index (χ1v) is 5.50. The summed E-state index contributed by atoms with van der Waals surface area (Å²) in [7, 11) is 0. The molecule has 1 fully saturated rings. The van der Waals surface area contributed by atoms with E-state index >= 15 is 0 Å². The summed E-state index contributed by atoms with van der Waals surface area (Å²) < 4.78 is 12.8. The molecule has 1 saturated heterocycles. The van der Waals surface area contributed by atoms with E-state index in [1.807, 2.05) is 0 Å². The Morgan fingerprint density at radius 1 is 1.25 bits per heavy atom. The van der Waals surface area contributed by atoms with Crippen LogP contribution >= 0.6 is 0 Å². The second kappa shape index (κ2) is 5.07. The van der Waals surface area contributed by atoms with E-state index in [-0.39, 0.29) is 11.7 Å². The number of nitrogens with one attached hydrogen (secondary N) is 1. The highest BCUT2D eigenvalue weighted by atomic mass is 19.1. The molecule has 2 rings (SSSR count). The quantitative estimate of drug-likeness (QED) is 0.456. The van der Waals surface area contributed by atoms with Crippen molar-refractivity contribution in [1.29, 1.82) is 0 Å². The topological polar surface area (TPSA) is 44.6 Å². The lowest BCUT2D eigenvalue weighted by Gasteiger charge is -2.23. The van der Waals surface area contributed by atoms with Gasteiger partial charge in [-0.2, -0.15) is 0 Å². The van der Waals surface area contributed by atoms with Crippen LogP contribution in [0.4, 0.5) is 4.39 Å². The first kappa shape index (κ1) is 11.1. The first-order valence-electron chi connectivity index (χ1n) is 5.50. The van der Waals surface area contributed by atoms with Gasteiger partial charge in [-0.05, 0) is 43.6 Å². The molecule has 16 heavy (non-hydrogen) atoms. The van der Waals surface area contributed by atoms with Crippen molar-refractivity contribution in [3.05, 3.63) is 35.6 Å². The molecule has 0 amide bonds. The lowest BCUT2D eigenvalue weighted by atomic mass is 9.89. The molecule has 0 aliphatic carbocycles. The Morgan fingerprint density at radius 2 is 1.88 bits per heavy atom. The van der Waals surface area contributed by atoms with Gasteiger partial charge in [0.15, 0.2) is 0 Å². The monoisotopic (exact) mass is 222 g/mol. The number of benzene rings is 1. The highest BCUT2D eigenvalue weighted by molar-refractivity contribution is 6.01. The molecule has 0 spiro atoms. The van der Waals surface area contributed by atoms with Crippen molar-refractivity contribution >= 4 is 5.71 Å². The fraction of sp³-hybridized carbons (Fsp3) is 0.417. The van der Waals surface area contributed by atoms with Gasteiger partial charge >= 0.3 is 0 Å². The van der Waals surface area contributed by atoms with Crippen molar-refractivity contribution in [2.45, 2.75) is 12.8 Å². The molecule has 4 heteroatoms. The van der Waals surface area contributed by atoms with E-state index < -0.39 is 0 Å². The van der Waals surface area contributed by atoms with Crippen LogP contribution in [0, 0.1) is 11.7 Å². The number of rotatable bonds is 2. The van der Waals surface area contributed by atoms with Crippen LogP contribution in [0.25, 0.3) is 0 Å². The molecule has 0 unspecified atom stereocenters. The van der Waals surface area contributed by atoms with Crippen LogP contribution in [0.15, 0.2) is 29.4 Å². The van der Waals surface area contributed by atoms with Gasteiger partial charge in [0.2, 0.25) is 0 Å². The zero-order chi connectivity index (χ0) is 11.4. The average molecular weight is 222 g/mol. The lowest BCUT2D eigenvalue weighted by Crippen LogP contribution is -2.32. The van der Waals surface area contributed by atoms with Gasteiger partial charge < -0.3 is 10.5 Å². The Bertz CT molecular complexity index is 369. The van der Waals surface area contributed by atoms with Crippen LogP contribution < -0.4 is 5.32 Å². The van der Waals surface area contributed by atoms with Crippen molar-refractivity contribution in [3.63, 3.8) is 0 Å². The molecule has 0 bridgehead atoms. The van der Waals surface area contributed by atoms with E-state index in [2.05, 4.69) is 10.5 Å². The number of hydrogen-bond acceptors (Lipinski definition) is 3. The summed E-state index contributed by atoms with van der Waals surface area (Å²) in [4.78, 5) is 0. The SMILES string of the molecule is O/N=C(\c1ccc(F)cc1)C1CCNCC1. The van der Waals surface area contributed by atoms with E-state index in [0.29, 0.717) is 5.71 Å². The van der Waals surface area contributed by atoms with Gasteiger partial charge in [0.25, 0.3) is 0 Å². The van der Waals surface area contributed by atoms with E-state index in [0.717, 1.165) is 31.5 Å². The van der Waals surface area contributed by atoms with Gasteiger partial charge in [-0.25, -0.2) is 4.39 Å². The minimum absolute atomic E-state index is 0.261. The predicted molar refractivity (Wildman–Crippen MR) is 60.3 cm³/mol. The number of halogens is 1. The maximum Gasteiger partial charge on any atom is 0.123 e. The molecule has 0 radical (unpaired) electrons. The first-order chi connectivity index (χ1) is 7.81. The summed E-state index contributed by atoms with van der Waals surface area (Å²) >= 11 is 0. The van der Waals surface area contributed by atoms with Gasteiger partial charge in [-0.3, -0.25) is 0 Å². The molecule has 3 nitrogen and oxygen atoms in total. The molecule has 86 valence electrons. The summed E-state index contributed by atoms with van der Waals surface area (Å²) in [6, 6.07) is 6.10. The zero-order valence-electron chi connectivity index (χ0n) is 8.99. The normalized spacial score (nSPS) is 18.7. The Kier molecular flexibility index (Phi) is 3.51. The van der Waals surface area contributed by atoms with Crippen LogP contribution in [0.3, 0.4) is 0 Å². The Morgan fingerprint density at radius 3 is 2.44 bits per heavy atom. The van der Waals surface area contributed by atoms with E-state index in [1.165, 1.54) is 12.1 Å². The highest BCUT2D eigenvalue weighted by Gasteiger charge is 2.20. The minimum Gasteiger partial charge on any atom is -0.411 e. The molecule has 1 heterocycles. The number of piperidine rings is 1. The predicted octanol–water partition coefficient (Wildman–Crippen LogP) is 2.00. The Hall–Kier alpha value is -1.42. The fourth-order valence-corrected chi connectivity index (χ4v) is 2.09. The lowest BCUT2D eigenvalue weighted by molar-refractivity contribution is 0.311. The van der Waals surface area contributed by atoms with Crippen molar-refractivity contribution < 1.29 is 9.60 Å². The van der Waals surface area contributed by atoms with Crippen LogP contribution in [0.1, 0.15) is 18.4 Å². The Labute approximate surface area is 94.0 Å². The largest absolute Gasteiger partial charge is 0.411 e. The molecule has 1 aliphatic heterocycles. The van der Waals surface area contributed by atoms with Crippen LogP contribution in [-0.2, 0) is 0 Å². The molecule has 0 saturated carbocycles. The minimum atomic E-state index is -0.272. The molecule has 0 atom stereocenters. The van der Waals surface area contributed by atoms with Crippen molar-refractivity contribution in [2.24, 2.45) is 11.1 Å². The summed E-state index contributed by atoms with van der Waals surface area (Å²) in [5, 5.41) is 15.7. The molecular formula is C12H15FN2O. The Balaban J connectivity index is 2.18. The maximum absolute atomic E-state index is 12.8. The van der Waals surface area contributed by atoms with Gasteiger partial charge in [0.1, 0.15) is 5.82 Å². The van der Waals surface area contributed by atoms with E-state index in [9.17, 15) is 4.39 Å². The third-order valence-electron chi connectivity index (χ3n) is 2.97.